The molecule has 1 aliphatic heterocycles. The third-order valence-corrected chi connectivity index (χ3v) is 5.36. The Labute approximate surface area is 149 Å². The van der Waals surface area contributed by atoms with Crippen LogP contribution in [0.25, 0.3) is 0 Å². The van der Waals surface area contributed by atoms with Gasteiger partial charge in [0, 0.05) is 13.1 Å². The molecule has 4 rings (SSSR count). The van der Waals surface area contributed by atoms with E-state index >= 15 is 0 Å². The molecule has 1 fully saturated rings. The smallest absolute Gasteiger partial charge is 0.128 e. The summed E-state index contributed by atoms with van der Waals surface area (Å²) in [7, 11) is 0. The van der Waals surface area contributed by atoms with Crippen molar-refractivity contribution in [3.05, 3.63) is 59.7 Å². The maximum Gasteiger partial charge on any atom is 0.128 e. The van der Waals surface area contributed by atoms with Crippen molar-refractivity contribution in [3.8, 4) is 0 Å². The molecule has 25 heavy (non-hydrogen) atoms. The second-order valence-corrected chi connectivity index (χ2v) is 7.12. The Morgan fingerprint density at radius 1 is 1.00 bits per heavy atom. The maximum absolute atomic E-state index is 5.77. The van der Waals surface area contributed by atoms with Gasteiger partial charge in [0.15, 0.2) is 0 Å². The topological polar surface area (TPSA) is 62.4 Å². The van der Waals surface area contributed by atoms with Gasteiger partial charge < -0.3 is 16.4 Å². The quantitative estimate of drug-likeness (QED) is 0.792. The van der Waals surface area contributed by atoms with Crippen molar-refractivity contribution in [3.63, 3.8) is 0 Å². The van der Waals surface area contributed by atoms with Crippen molar-refractivity contribution in [1.29, 1.82) is 0 Å². The molecule has 1 heterocycles. The first-order valence-electron chi connectivity index (χ1n) is 9.27. The van der Waals surface area contributed by atoms with E-state index in [4.69, 9.17) is 10.7 Å². The lowest BCUT2D eigenvalue weighted by Gasteiger charge is -2.42. The number of benzene rings is 2. The van der Waals surface area contributed by atoms with E-state index in [0.29, 0.717) is 6.54 Å². The van der Waals surface area contributed by atoms with Gasteiger partial charge >= 0.3 is 0 Å². The molecule has 2 aliphatic rings. The summed E-state index contributed by atoms with van der Waals surface area (Å²) >= 11 is 0. The zero-order valence-corrected chi connectivity index (χ0v) is 14.6. The number of para-hydroxylation sites is 2. The highest BCUT2D eigenvalue weighted by Gasteiger charge is 2.40. The predicted molar refractivity (Wildman–Crippen MR) is 104 cm³/mol. The number of hydrogen-bond acceptors (Lipinski definition) is 4. The summed E-state index contributed by atoms with van der Waals surface area (Å²) in [5, 5.41) is 7.45. The Morgan fingerprint density at radius 3 is 2.64 bits per heavy atom. The van der Waals surface area contributed by atoms with E-state index in [2.05, 4.69) is 53.1 Å². The van der Waals surface area contributed by atoms with Crippen molar-refractivity contribution in [2.24, 2.45) is 10.7 Å². The van der Waals surface area contributed by atoms with E-state index in [9.17, 15) is 0 Å². The molecular weight excluding hydrogens is 308 g/mol. The Bertz CT molecular complexity index is 775. The Morgan fingerprint density at radius 2 is 1.80 bits per heavy atom. The summed E-state index contributed by atoms with van der Waals surface area (Å²) < 4.78 is 0. The molecule has 0 unspecified atom stereocenters. The van der Waals surface area contributed by atoms with Crippen LogP contribution in [0.2, 0.25) is 0 Å². The lowest BCUT2D eigenvalue weighted by Crippen LogP contribution is -2.54. The summed E-state index contributed by atoms with van der Waals surface area (Å²) in [5.41, 5.74) is 10.3. The van der Waals surface area contributed by atoms with Crippen molar-refractivity contribution < 1.29 is 0 Å². The summed E-state index contributed by atoms with van der Waals surface area (Å²) in [6, 6.07) is 16.8. The fraction of sp³-hybridized carbons (Fsp3) is 0.381. The highest BCUT2D eigenvalue weighted by atomic mass is 15.2. The molecule has 1 spiro atoms. The number of fused-ring (bicyclic) bond motifs is 1. The Kier molecular flexibility index (Phi) is 4.45. The molecule has 0 atom stereocenters. The molecule has 4 N–H and O–H groups in total. The average Bonchev–Trinajstić information content (AvgIpc) is 2.67. The van der Waals surface area contributed by atoms with Gasteiger partial charge in [-0.05, 0) is 36.1 Å². The van der Waals surface area contributed by atoms with E-state index in [1.165, 1.54) is 30.4 Å². The van der Waals surface area contributed by atoms with Gasteiger partial charge in [-0.25, -0.2) is 4.99 Å². The van der Waals surface area contributed by atoms with Gasteiger partial charge in [0.25, 0.3) is 0 Å². The summed E-state index contributed by atoms with van der Waals surface area (Å²) in [5.74, 6) is 1.09. The summed E-state index contributed by atoms with van der Waals surface area (Å²) in [6.45, 7) is 1.35. The Balaban J connectivity index is 1.61. The van der Waals surface area contributed by atoms with Gasteiger partial charge in [0.1, 0.15) is 5.84 Å². The van der Waals surface area contributed by atoms with Crippen LogP contribution >= 0.6 is 0 Å². The number of hydrogen-bond donors (Lipinski definition) is 3. The van der Waals surface area contributed by atoms with E-state index < -0.39 is 0 Å². The molecule has 0 amide bonds. The minimum absolute atomic E-state index is 0.0436. The van der Waals surface area contributed by atoms with E-state index in [1.807, 2.05) is 6.07 Å². The molecule has 0 aromatic heterocycles. The van der Waals surface area contributed by atoms with Gasteiger partial charge in [-0.1, -0.05) is 55.7 Å². The van der Waals surface area contributed by atoms with Gasteiger partial charge in [-0.15, -0.1) is 0 Å². The van der Waals surface area contributed by atoms with Crippen molar-refractivity contribution >= 4 is 17.2 Å². The number of nitrogens with zero attached hydrogens (tertiary/aromatic N) is 1. The molecule has 2 aromatic carbocycles. The number of nitrogens with two attached hydrogens (primary N) is 1. The number of amidine groups is 1. The standard InChI is InChI=1S/C21H26N4/c22-14-16-7-6-8-17(13-16)15-23-20-21(11-4-1-5-12-21)25-19-10-3-2-9-18(19)24-20/h2-3,6-10,13,25H,1,4-5,11-12,14-15,22H2,(H,23,24). The molecule has 4 nitrogen and oxygen atoms in total. The minimum atomic E-state index is -0.0436. The molecule has 4 heteroatoms. The van der Waals surface area contributed by atoms with Gasteiger partial charge in [-0.2, -0.15) is 0 Å². The van der Waals surface area contributed by atoms with E-state index in [-0.39, 0.29) is 5.54 Å². The molecule has 130 valence electrons. The summed E-state index contributed by atoms with van der Waals surface area (Å²) in [4.78, 5) is 5.00. The minimum Gasteiger partial charge on any atom is -0.371 e. The van der Waals surface area contributed by atoms with Crippen molar-refractivity contribution in [2.75, 3.05) is 5.32 Å². The number of rotatable bonds is 3. The molecular formula is C21H26N4. The molecule has 0 saturated heterocycles. The average molecular weight is 334 g/mol. The van der Waals surface area contributed by atoms with E-state index in [1.54, 1.807) is 0 Å². The first kappa shape index (κ1) is 16.2. The van der Waals surface area contributed by atoms with Crippen LogP contribution in [-0.4, -0.2) is 11.4 Å². The monoisotopic (exact) mass is 334 g/mol. The molecule has 0 radical (unpaired) electrons. The lowest BCUT2D eigenvalue weighted by atomic mass is 9.79. The van der Waals surface area contributed by atoms with Crippen LogP contribution in [0.5, 0.6) is 0 Å². The maximum atomic E-state index is 5.77. The molecule has 1 aliphatic carbocycles. The van der Waals surface area contributed by atoms with E-state index in [0.717, 1.165) is 36.6 Å². The van der Waals surface area contributed by atoms with Crippen LogP contribution in [0.15, 0.2) is 53.5 Å². The first-order chi connectivity index (χ1) is 12.3. The van der Waals surface area contributed by atoms with Crippen LogP contribution in [0, 0.1) is 0 Å². The second kappa shape index (κ2) is 6.89. The number of nitrogens with one attached hydrogen (secondary N) is 2. The van der Waals surface area contributed by atoms with Crippen molar-refractivity contribution in [1.82, 2.24) is 5.32 Å². The SMILES string of the molecule is NCc1cccc(CNC2=Nc3ccccc3NC23CCCCC3)c1. The summed E-state index contributed by atoms with van der Waals surface area (Å²) in [6.07, 6.45) is 6.08. The third-order valence-electron chi connectivity index (χ3n) is 5.36. The van der Waals surface area contributed by atoms with Crippen LogP contribution in [-0.2, 0) is 13.1 Å². The van der Waals surface area contributed by atoms with Crippen LogP contribution in [0.4, 0.5) is 11.4 Å². The van der Waals surface area contributed by atoms with Crippen LogP contribution in [0.1, 0.15) is 43.2 Å². The van der Waals surface area contributed by atoms with Crippen LogP contribution in [0.3, 0.4) is 0 Å². The zero-order chi connectivity index (χ0) is 17.1. The molecule has 0 bridgehead atoms. The van der Waals surface area contributed by atoms with Crippen LogP contribution < -0.4 is 16.4 Å². The second-order valence-electron chi connectivity index (χ2n) is 7.12. The molecule has 2 aromatic rings. The zero-order valence-electron chi connectivity index (χ0n) is 14.6. The number of aliphatic imine (C=N–C) groups is 1. The lowest BCUT2D eigenvalue weighted by molar-refractivity contribution is 0.396. The van der Waals surface area contributed by atoms with Gasteiger partial charge in [-0.3, -0.25) is 0 Å². The number of anilines is 1. The molecule has 1 saturated carbocycles. The highest BCUT2D eigenvalue weighted by Crippen LogP contribution is 2.40. The Hall–Kier alpha value is -2.33. The highest BCUT2D eigenvalue weighted by molar-refractivity contribution is 6.00. The predicted octanol–water partition coefficient (Wildman–Crippen LogP) is 4.09. The third kappa shape index (κ3) is 3.27. The largest absolute Gasteiger partial charge is 0.371 e. The first-order valence-corrected chi connectivity index (χ1v) is 9.27. The fourth-order valence-corrected chi connectivity index (χ4v) is 4.00. The fourth-order valence-electron chi connectivity index (χ4n) is 4.00. The van der Waals surface area contributed by atoms with Crippen molar-refractivity contribution in [2.45, 2.75) is 50.7 Å². The van der Waals surface area contributed by atoms with Gasteiger partial charge in [0.2, 0.25) is 0 Å². The normalized spacial score (nSPS) is 18.2. The van der Waals surface area contributed by atoms with Gasteiger partial charge in [0.05, 0.1) is 16.9 Å².